The van der Waals surface area contributed by atoms with E-state index in [1.165, 1.54) is 0 Å². The van der Waals surface area contributed by atoms with Crippen LogP contribution in [-0.2, 0) is 3.79 Å². The van der Waals surface area contributed by atoms with Crippen LogP contribution < -0.4 is 4.80 Å². The topological polar surface area (TPSA) is 42.5 Å². The van der Waals surface area contributed by atoms with E-state index < -0.39 is 3.79 Å². The minimum Gasteiger partial charge on any atom is -0.270 e. The van der Waals surface area contributed by atoms with Crippen LogP contribution in [0.25, 0.3) is 5.69 Å². The molecule has 4 nitrogen and oxygen atoms in total. The van der Waals surface area contributed by atoms with Crippen LogP contribution in [0, 0.1) is 0 Å². The van der Waals surface area contributed by atoms with Crippen LogP contribution >= 0.6 is 46.3 Å². The van der Waals surface area contributed by atoms with Crippen molar-refractivity contribution in [2.45, 2.75) is 3.79 Å². The van der Waals surface area contributed by atoms with Gasteiger partial charge in [-0.25, -0.2) is 0 Å². The normalized spacial score (nSPS) is 13.3. The summed E-state index contributed by atoms with van der Waals surface area (Å²) in [5.41, 5.74) is 1.70. The third kappa shape index (κ3) is 4.12. The summed E-state index contributed by atoms with van der Waals surface area (Å²) in [5.74, 6) is 0.862. The molecule has 2 aromatic carbocycles. The molecule has 0 radical (unpaired) electrons. The van der Waals surface area contributed by atoms with Gasteiger partial charge in [-0.3, -0.25) is 9.56 Å². The Morgan fingerprint density at radius 2 is 1.60 bits per heavy atom. The number of halogens is 3. The minimum atomic E-state index is -1.67. The molecule has 0 aliphatic heterocycles. The summed E-state index contributed by atoms with van der Waals surface area (Å²) in [4.78, 5) is 9.49. The molecule has 8 heteroatoms. The van der Waals surface area contributed by atoms with Crippen molar-refractivity contribution in [3.8, 4) is 5.69 Å². The standard InChI is InChI=1S/C17H13Cl3N4S/c1-21-14(12-8-4-2-5-9-12)22-16-24(13-10-6-3-7-11-13)15(23-25-16)17(18,19)20/h2-11H,1H3. The Bertz CT molecular complexity index is 941. The summed E-state index contributed by atoms with van der Waals surface area (Å²) >= 11 is 19.4. The van der Waals surface area contributed by atoms with Gasteiger partial charge in [0.1, 0.15) is 0 Å². The van der Waals surface area contributed by atoms with Gasteiger partial charge < -0.3 is 0 Å². The van der Waals surface area contributed by atoms with E-state index in [0.29, 0.717) is 10.6 Å². The molecule has 3 aromatic rings. The first kappa shape index (κ1) is 18.1. The molecule has 1 aromatic heterocycles. The first-order valence-corrected chi connectivity index (χ1v) is 9.19. The van der Waals surface area contributed by atoms with E-state index in [9.17, 15) is 0 Å². The van der Waals surface area contributed by atoms with Crippen LogP contribution in [0.15, 0.2) is 70.6 Å². The number of aromatic nitrogens is 2. The van der Waals surface area contributed by atoms with Gasteiger partial charge in [0.15, 0.2) is 11.7 Å². The van der Waals surface area contributed by atoms with Crippen LogP contribution in [0.1, 0.15) is 11.4 Å². The van der Waals surface area contributed by atoms with Gasteiger partial charge in [0, 0.05) is 29.8 Å². The molecule has 3 rings (SSSR count). The molecule has 0 unspecified atom stereocenters. The van der Waals surface area contributed by atoms with Gasteiger partial charge in [-0.2, -0.15) is 9.37 Å². The predicted octanol–water partition coefficient (Wildman–Crippen LogP) is 4.74. The average Bonchev–Trinajstić information content (AvgIpc) is 3.05. The lowest BCUT2D eigenvalue weighted by Crippen LogP contribution is -2.21. The highest BCUT2D eigenvalue weighted by Gasteiger charge is 2.30. The monoisotopic (exact) mass is 410 g/mol. The Kier molecular flexibility index (Phi) is 5.59. The maximum Gasteiger partial charge on any atom is 0.249 e. The van der Waals surface area contributed by atoms with E-state index in [-0.39, 0.29) is 5.82 Å². The highest BCUT2D eigenvalue weighted by Crippen LogP contribution is 2.37. The molecule has 0 bridgehead atoms. The Labute approximate surface area is 164 Å². The Morgan fingerprint density at radius 1 is 1.00 bits per heavy atom. The first-order valence-electron chi connectivity index (χ1n) is 7.29. The van der Waals surface area contributed by atoms with Crippen molar-refractivity contribution in [2.75, 3.05) is 7.05 Å². The molecule has 0 amide bonds. The van der Waals surface area contributed by atoms with Gasteiger partial charge in [-0.05, 0) is 12.1 Å². The van der Waals surface area contributed by atoms with Crippen LogP contribution in [0.3, 0.4) is 0 Å². The molecule has 0 spiro atoms. The molecule has 128 valence electrons. The molecular weight excluding hydrogens is 399 g/mol. The maximum atomic E-state index is 6.10. The van der Waals surface area contributed by atoms with E-state index in [4.69, 9.17) is 34.8 Å². The van der Waals surface area contributed by atoms with E-state index in [1.807, 2.05) is 60.7 Å². The molecule has 1 heterocycles. The van der Waals surface area contributed by atoms with Crippen molar-refractivity contribution in [1.82, 2.24) is 8.94 Å². The van der Waals surface area contributed by atoms with Gasteiger partial charge in [0.25, 0.3) is 0 Å². The molecule has 0 N–H and O–H groups in total. The van der Waals surface area contributed by atoms with Crippen molar-refractivity contribution < 1.29 is 0 Å². The first-order chi connectivity index (χ1) is 12.0. The quantitative estimate of drug-likeness (QED) is 0.341. The third-order valence-corrected chi connectivity index (χ3v) is 4.54. The van der Waals surface area contributed by atoms with E-state index in [2.05, 4.69) is 14.4 Å². The van der Waals surface area contributed by atoms with Crippen molar-refractivity contribution in [2.24, 2.45) is 9.98 Å². The summed E-state index contributed by atoms with van der Waals surface area (Å²) in [6.07, 6.45) is 0. The highest BCUT2D eigenvalue weighted by molar-refractivity contribution is 7.03. The van der Waals surface area contributed by atoms with E-state index >= 15 is 0 Å². The second kappa shape index (κ2) is 7.70. The van der Waals surface area contributed by atoms with Crippen LogP contribution in [0.4, 0.5) is 0 Å². The third-order valence-electron chi connectivity index (χ3n) is 3.33. The Hall–Kier alpha value is -1.66. The summed E-state index contributed by atoms with van der Waals surface area (Å²) in [7, 11) is 1.69. The second-order valence-corrected chi connectivity index (χ2v) is 7.99. The number of hydrogen-bond acceptors (Lipinski definition) is 3. The SMILES string of the molecule is CN=C(N=c1snc(C(Cl)(Cl)Cl)n1-c1ccccc1)c1ccccc1. The fourth-order valence-electron chi connectivity index (χ4n) is 2.24. The lowest BCUT2D eigenvalue weighted by Gasteiger charge is -2.13. The van der Waals surface area contributed by atoms with Gasteiger partial charge in [0.2, 0.25) is 8.59 Å². The average molecular weight is 412 g/mol. The minimum absolute atomic E-state index is 0.288. The number of rotatable bonds is 2. The number of para-hydroxylation sites is 1. The van der Waals surface area contributed by atoms with Crippen molar-refractivity contribution in [3.63, 3.8) is 0 Å². The predicted molar refractivity (Wildman–Crippen MR) is 105 cm³/mol. The zero-order chi connectivity index (χ0) is 17.9. The van der Waals surface area contributed by atoms with Crippen molar-refractivity contribution >= 4 is 52.2 Å². The Balaban J connectivity index is 2.22. The fraction of sp³-hybridized carbons (Fsp3) is 0.118. The molecule has 0 saturated heterocycles. The largest absolute Gasteiger partial charge is 0.270 e. The summed E-state index contributed by atoms with van der Waals surface area (Å²) in [6, 6.07) is 19.2. The van der Waals surface area contributed by atoms with Gasteiger partial charge in [0.05, 0.1) is 0 Å². The number of nitrogens with zero attached hydrogens (tertiary/aromatic N) is 4. The smallest absolute Gasteiger partial charge is 0.249 e. The van der Waals surface area contributed by atoms with E-state index in [1.54, 1.807) is 11.6 Å². The summed E-state index contributed by atoms with van der Waals surface area (Å²) in [6.45, 7) is 0. The number of hydrogen-bond donors (Lipinski definition) is 0. The lowest BCUT2D eigenvalue weighted by atomic mass is 10.2. The highest BCUT2D eigenvalue weighted by atomic mass is 35.6. The molecular formula is C17H13Cl3N4S. The van der Waals surface area contributed by atoms with Crippen LogP contribution in [-0.4, -0.2) is 21.8 Å². The molecule has 0 saturated carbocycles. The fourth-order valence-corrected chi connectivity index (χ4v) is 3.55. The maximum absolute atomic E-state index is 6.10. The second-order valence-electron chi connectivity index (χ2n) is 4.98. The van der Waals surface area contributed by atoms with Crippen molar-refractivity contribution in [1.29, 1.82) is 0 Å². The Morgan fingerprint density at radius 3 is 2.16 bits per heavy atom. The van der Waals surface area contributed by atoms with Gasteiger partial charge in [-0.15, -0.1) is 0 Å². The summed E-state index contributed by atoms with van der Waals surface area (Å²) < 4.78 is 4.36. The number of amidine groups is 1. The molecule has 25 heavy (non-hydrogen) atoms. The van der Waals surface area contributed by atoms with Gasteiger partial charge in [-0.1, -0.05) is 83.3 Å². The van der Waals surface area contributed by atoms with Crippen LogP contribution in [0.2, 0.25) is 0 Å². The number of aliphatic imine (C=N–C) groups is 1. The summed E-state index contributed by atoms with van der Waals surface area (Å²) in [5, 5.41) is 0. The van der Waals surface area contributed by atoms with Crippen LogP contribution in [0.5, 0.6) is 0 Å². The molecule has 0 fully saturated rings. The lowest BCUT2D eigenvalue weighted by molar-refractivity contribution is 0.878. The van der Waals surface area contributed by atoms with Gasteiger partial charge >= 0.3 is 0 Å². The van der Waals surface area contributed by atoms with E-state index in [0.717, 1.165) is 22.8 Å². The molecule has 0 atom stereocenters. The molecule has 0 aliphatic rings. The molecule has 0 aliphatic carbocycles. The number of benzene rings is 2. The zero-order valence-corrected chi connectivity index (χ0v) is 16.2. The zero-order valence-electron chi connectivity index (χ0n) is 13.1. The van der Waals surface area contributed by atoms with Crippen molar-refractivity contribution in [3.05, 3.63) is 76.9 Å². The number of alkyl halides is 3.